The van der Waals surface area contributed by atoms with E-state index in [9.17, 15) is 9.59 Å². The van der Waals surface area contributed by atoms with Crippen molar-refractivity contribution in [3.8, 4) is 11.5 Å². The summed E-state index contributed by atoms with van der Waals surface area (Å²) < 4.78 is 20.6. The Balaban J connectivity index is 0.000000305. The highest BCUT2D eigenvalue weighted by Crippen LogP contribution is 2.24. The molecule has 0 radical (unpaired) electrons. The Hall–Kier alpha value is -3.98. The summed E-state index contributed by atoms with van der Waals surface area (Å²) in [5.41, 5.74) is 3.58. The number of anilines is 1. The van der Waals surface area contributed by atoms with E-state index in [1.807, 2.05) is 99.4 Å². The second-order valence-electron chi connectivity index (χ2n) is 11.3. The van der Waals surface area contributed by atoms with Crippen molar-refractivity contribution in [2.75, 3.05) is 25.5 Å². The predicted octanol–water partition coefficient (Wildman–Crippen LogP) is 7.53. The topological polar surface area (TPSA) is 82.0 Å². The maximum Gasteiger partial charge on any atom is 0.410 e. The van der Waals surface area contributed by atoms with Crippen LogP contribution in [0.2, 0.25) is 0 Å². The molecule has 42 heavy (non-hydrogen) atoms. The molecule has 5 rings (SSSR count). The average Bonchev–Trinajstić information content (AvgIpc) is 3.47. The van der Waals surface area contributed by atoms with E-state index in [0.29, 0.717) is 19.7 Å². The van der Waals surface area contributed by atoms with Gasteiger partial charge in [-0.25, -0.2) is 4.79 Å². The number of carbonyl (C=O) groups is 2. The van der Waals surface area contributed by atoms with Crippen molar-refractivity contribution in [3.05, 3.63) is 77.3 Å². The Morgan fingerprint density at radius 3 is 2.50 bits per heavy atom. The van der Waals surface area contributed by atoms with Gasteiger partial charge in [0.15, 0.2) is 6.29 Å². The van der Waals surface area contributed by atoms with E-state index in [4.69, 9.17) is 14.2 Å². The van der Waals surface area contributed by atoms with Crippen LogP contribution >= 0.6 is 11.3 Å². The van der Waals surface area contributed by atoms with Crippen LogP contribution in [0.15, 0.2) is 66.0 Å². The van der Waals surface area contributed by atoms with Gasteiger partial charge >= 0.3 is 6.09 Å². The first-order valence-electron chi connectivity index (χ1n) is 14.3. The molecule has 224 valence electrons. The summed E-state index contributed by atoms with van der Waals surface area (Å²) >= 11 is 1.66. The molecule has 0 aliphatic carbocycles. The lowest BCUT2D eigenvalue weighted by atomic mass is 10.1. The van der Waals surface area contributed by atoms with E-state index in [0.717, 1.165) is 59.5 Å². The summed E-state index contributed by atoms with van der Waals surface area (Å²) in [6.45, 7) is 7.53. The predicted molar refractivity (Wildman–Crippen MR) is 169 cm³/mol. The number of fused-ring (bicyclic) bond motifs is 1. The number of amides is 1. The molecule has 1 unspecified atom stereocenters. The van der Waals surface area contributed by atoms with Crippen LogP contribution in [0.4, 0.5) is 10.5 Å². The lowest BCUT2D eigenvalue weighted by Crippen LogP contribution is -2.37. The molecule has 3 heterocycles. The van der Waals surface area contributed by atoms with Gasteiger partial charge in [-0.15, -0.1) is 11.3 Å². The summed E-state index contributed by atoms with van der Waals surface area (Å²) in [5, 5.41) is 5.16. The number of nitrogens with zero attached hydrogens (tertiary/aromatic N) is 2. The molecule has 2 aromatic heterocycles. The van der Waals surface area contributed by atoms with E-state index >= 15 is 0 Å². The summed E-state index contributed by atoms with van der Waals surface area (Å²) in [6, 6.07) is 19.8. The van der Waals surface area contributed by atoms with Gasteiger partial charge in [-0.1, -0.05) is 12.1 Å². The quantitative estimate of drug-likeness (QED) is 0.224. The Morgan fingerprint density at radius 2 is 1.81 bits per heavy atom. The fraction of sp³-hybridized carbons (Fsp3) is 0.394. The lowest BCUT2D eigenvalue weighted by molar-refractivity contribution is 0.0252. The first-order chi connectivity index (χ1) is 20.1. The van der Waals surface area contributed by atoms with E-state index in [1.165, 1.54) is 4.70 Å². The standard InChI is InChI=1S/C25H34N2O4.C8H7NOS/c1-25(2,3)31-24(28)27-15-6-9-22(14-16-27)30-23-12-10-21(11-13-23)29-18-19-7-5-8-20(17-19)26-4;1-9-6(5-10)4-8-7(9)2-3-11-8/h5,7-8,10-13,17,22,26H,6,9,14-16,18H2,1-4H3;2-5H,1H3. The third-order valence-corrected chi connectivity index (χ3v) is 7.75. The second kappa shape index (κ2) is 14.3. The minimum atomic E-state index is -0.473. The molecule has 0 bridgehead atoms. The van der Waals surface area contributed by atoms with Crippen LogP contribution in [0.3, 0.4) is 0 Å². The van der Waals surface area contributed by atoms with Crippen LogP contribution in [0, 0.1) is 0 Å². The molecule has 2 aromatic carbocycles. The number of thiophene rings is 1. The third kappa shape index (κ3) is 8.76. The molecule has 0 saturated carbocycles. The molecule has 8 nitrogen and oxygen atoms in total. The molecule has 0 spiro atoms. The molecule has 1 amide bonds. The number of likely N-dealkylation sites (tertiary alicyclic amines) is 1. The molecular weight excluding hydrogens is 550 g/mol. The Bertz CT molecular complexity index is 1450. The smallest absolute Gasteiger partial charge is 0.410 e. The zero-order valence-electron chi connectivity index (χ0n) is 25.1. The van der Waals surface area contributed by atoms with E-state index < -0.39 is 5.60 Å². The first-order valence-corrected chi connectivity index (χ1v) is 15.2. The van der Waals surface area contributed by atoms with E-state index in [-0.39, 0.29) is 12.2 Å². The SMILES string of the molecule is CNc1cccc(COc2ccc(OC3CCCN(C(=O)OC(C)(C)C)CC3)cc2)c1.Cn1c(C=O)cc2sccc21. The number of hydrogen-bond donors (Lipinski definition) is 1. The summed E-state index contributed by atoms with van der Waals surface area (Å²) in [6.07, 6.45) is 3.33. The molecule has 1 fully saturated rings. The van der Waals surface area contributed by atoms with Gasteiger partial charge in [0.05, 0.1) is 15.9 Å². The molecule has 1 aliphatic rings. The van der Waals surface area contributed by atoms with Gasteiger partial charge < -0.3 is 29.0 Å². The number of ether oxygens (including phenoxy) is 3. The van der Waals surface area contributed by atoms with Crippen LogP contribution < -0.4 is 14.8 Å². The van der Waals surface area contributed by atoms with E-state index in [1.54, 1.807) is 16.2 Å². The maximum atomic E-state index is 12.3. The van der Waals surface area contributed by atoms with Crippen molar-refractivity contribution >= 4 is 39.6 Å². The summed E-state index contributed by atoms with van der Waals surface area (Å²) in [7, 11) is 3.81. The van der Waals surface area contributed by atoms with Gasteiger partial charge in [0.25, 0.3) is 0 Å². The minimum absolute atomic E-state index is 0.0866. The zero-order valence-corrected chi connectivity index (χ0v) is 25.9. The molecule has 1 atom stereocenters. The van der Waals surface area contributed by atoms with Crippen LogP contribution in [0.25, 0.3) is 10.2 Å². The zero-order chi connectivity index (χ0) is 30.1. The Kier molecular flexibility index (Phi) is 10.5. The number of rotatable bonds is 7. The van der Waals surface area contributed by atoms with Gasteiger partial charge in [0.2, 0.25) is 0 Å². The molecule has 9 heteroatoms. The van der Waals surface area contributed by atoms with Crippen LogP contribution in [-0.4, -0.2) is 53.7 Å². The molecule has 1 aliphatic heterocycles. The van der Waals surface area contributed by atoms with Gasteiger partial charge in [-0.05, 0) is 93.1 Å². The van der Waals surface area contributed by atoms with Crippen molar-refractivity contribution in [1.82, 2.24) is 9.47 Å². The number of benzene rings is 2. The van der Waals surface area contributed by atoms with Gasteiger partial charge in [-0.2, -0.15) is 0 Å². The summed E-state index contributed by atoms with van der Waals surface area (Å²) in [4.78, 5) is 24.6. The third-order valence-electron chi connectivity index (χ3n) is 6.90. The average molecular weight is 592 g/mol. The molecule has 4 aromatic rings. The van der Waals surface area contributed by atoms with E-state index in [2.05, 4.69) is 11.4 Å². The van der Waals surface area contributed by atoms with Crippen molar-refractivity contribution in [2.45, 2.75) is 58.3 Å². The number of hydrogen-bond acceptors (Lipinski definition) is 7. The van der Waals surface area contributed by atoms with Gasteiger partial charge in [0.1, 0.15) is 29.8 Å². The van der Waals surface area contributed by atoms with Crippen molar-refractivity contribution in [3.63, 3.8) is 0 Å². The highest BCUT2D eigenvalue weighted by atomic mass is 32.1. The number of aldehydes is 1. The minimum Gasteiger partial charge on any atom is -0.490 e. The van der Waals surface area contributed by atoms with Crippen LogP contribution in [-0.2, 0) is 18.4 Å². The normalized spacial score (nSPS) is 15.3. The van der Waals surface area contributed by atoms with Crippen LogP contribution in [0.1, 0.15) is 56.1 Å². The number of carbonyl (C=O) groups excluding carboxylic acids is 2. The largest absolute Gasteiger partial charge is 0.490 e. The number of nitrogens with one attached hydrogen (secondary N) is 1. The fourth-order valence-corrected chi connectivity index (χ4v) is 5.52. The van der Waals surface area contributed by atoms with Crippen LogP contribution in [0.5, 0.6) is 11.5 Å². The number of aryl methyl sites for hydroxylation is 1. The summed E-state index contributed by atoms with van der Waals surface area (Å²) in [5.74, 6) is 1.62. The maximum absolute atomic E-state index is 12.3. The van der Waals surface area contributed by atoms with Crippen molar-refractivity contribution in [1.29, 1.82) is 0 Å². The highest BCUT2D eigenvalue weighted by molar-refractivity contribution is 7.17. The first kappa shape index (κ1) is 31.0. The van der Waals surface area contributed by atoms with Gasteiger partial charge in [-0.3, -0.25) is 4.79 Å². The fourth-order valence-electron chi connectivity index (χ4n) is 4.67. The number of aromatic nitrogens is 1. The molecule has 1 N–H and O–H groups in total. The lowest BCUT2D eigenvalue weighted by Gasteiger charge is -2.26. The second-order valence-corrected chi connectivity index (χ2v) is 12.2. The molecule has 1 saturated heterocycles. The Labute approximate surface area is 252 Å². The van der Waals surface area contributed by atoms with Gasteiger partial charge in [0, 0.05) is 39.3 Å². The van der Waals surface area contributed by atoms with Crippen molar-refractivity contribution in [2.24, 2.45) is 7.05 Å². The Morgan fingerprint density at radius 1 is 1.05 bits per heavy atom. The molecular formula is C33H41N3O5S. The van der Waals surface area contributed by atoms with Crippen molar-refractivity contribution < 1.29 is 23.8 Å². The highest BCUT2D eigenvalue weighted by Gasteiger charge is 2.25. The monoisotopic (exact) mass is 591 g/mol.